The van der Waals surface area contributed by atoms with Gasteiger partial charge in [-0.05, 0) is 44.4 Å². The second-order valence-electron chi connectivity index (χ2n) is 8.27. The first kappa shape index (κ1) is 19.7. The molecule has 0 radical (unpaired) electrons. The number of ether oxygens (including phenoxy) is 2. The molecule has 0 unspecified atom stereocenters. The van der Waals surface area contributed by atoms with E-state index in [1.54, 1.807) is 13.0 Å². The Morgan fingerprint density at radius 2 is 2.07 bits per heavy atom. The molecular formula is C23H25NO4S. The van der Waals surface area contributed by atoms with Gasteiger partial charge in [-0.3, -0.25) is 4.79 Å². The summed E-state index contributed by atoms with van der Waals surface area (Å²) in [6.07, 6.45) is 0.809. The van der Waals surface area contributed by atoms with Gasteiger partial charge in [0.2, 0.25) is 0 Å². The van der Waals surface area contributed by atoms with Gasteiger partial charge >= 0.3 is 0 Å². The number of hydrogen-bond acceptors (Lipinski definition) is 5. The summed E-state index contributed by atoms with van der Waals surface area (Å²) in [5, 5.41) is 14.7. The highest BCUT2D eigenvalue weighted by Gasteiger charge is 2.32. The summed E-state index contributed by atoms with van der Waals surface area (Å²) in [6.45, 7) is 5.74. The summed E-state index contributed by atoms with van der Waals surface area (Å²) in [6, 6.07) is 15.7. The fourth-order valence-electron chi connectivity index (χ4n) is 3.50. The zero-order valence-electron chi connectivity index (χ0n) is 16.8. The van der Waals surface area contributed by atoms with E-state index >= 15 is 0 Å². The van der Waals surface area contributed by atoms with Gasteiger partial charge in [0.1, 0.15) is 11.2 Å². The second-order valence-corrected chi connectivity index (χ2v) is 9.35. The third-order valence-electron chi connectivity index (χ3n) is 5.00. The zero-order chi connectivity index (χ0) is 20.6. The predicted molar refractivity (Wildman–Crippen MR) is 115 cm³/mol. The molecule has 2 aromatic carbocycles. The number of fused-ring (bicyclic) bond motifs is 2. The molecule has 1 aliphatic heterocycles. The highest BCUT2D eigenvalue weighted by atomic mass is 32.1. The molecule has 0 spiro atoms. The van der Waals surface area contributed by atoms with E-state index < -0.39 is 5.60 Å². The van der Waals surface area contributed by atoms with Gasteiger partial charge < -0.3 is 19.9 Å². The second kappa shape index (κ2) is 7.35. The number of aliphatic hydroxyl groups is 1. The van der Waals surface area contributed by atoms with E-state index in [1.807, 2.05) is 56.3 Å². The van der Waals surface area contributed by atoms with Crippen LogP contribution in [0.3, 0.4) is 0 Å². The molecule has 2 heterocycles. The fraction of sp³-hybridized carbons (Fsp3) is 0.348. The zero-order valence-corrected chi connectivity index (χ0v) is 17.6. The number of amides is 1. The van der Waals surface area contributed by atoms with Gasteiger partial charge in [-0.25, -0.2) is 0 Å². The first-order chi connectivity index (χ1) is 13.7. The normalized spacial score (nSPS) is 16.7. The molecule has 0 aliphatic carbocycles. The highest BCUT2D eigenvalue weighted by molar-refractivity contribution is 7.19. The number of thiophene rings is 1. The molecular weight excluding hydrogens is 386 g/mol. The van der Waals surface area contributed by atoms with Crippen LogP contribution in [0.4, 0.5) is 0 Å². The molecule has 4 rings (SSSR count). The molecule has 1 atom stereocenters. The summed E-state index contributed by atoms with van der Waals surface area (Å²) in [7, 11) is 0. The number of hydrogen-bond donors (Lipinski definition) is 2. The van der Waals surface area contributed by atoms with Gasteiger partial charge in [0.15, 0.2) is 18.1 Å². The van der Waals surface area contributed by atoms with E-state index in [9.17, 15) is 9.90 Å². The molecule has 6 heteroatoms. The maximum absolute atomic E-state index is 12.3. The summed E-state index contributed by atoms with van der Waals surface area (Å²) in [5.41, 5.74) is -0.339. The van der Waals surface area contributed by atoms with Crippen LogP contribution >= 0.6 is 11.3 Å². The lowest BCUT2D eigenvalue weighted by atomic mass is 10.0. The summed E-state index contributed by atoms with van der Waals surface area (Å²) >= 11 is 1.53. The standard InChI is InChI=1S/C23H25NO4S/c1-22(2)12-16-8-6-9-17(21(16)28-22)27-13-20(25)24-14-23(3,26)19-11-15-7-4-5-10-18(15)29-19/h4-11,26H,12-14H2,1-3H3,(H,24,25)/t23-/m0/s1. The fourth-order valence-corrected chi connectivity index (χ4v) is 4.61. The van der Waals surface area contributed by atoms with Crippen molar-refractivity contribution in [1.29, 1.82) is 0 Å². The highest BCUT2D eigenvalue weighted by Crippen LogP contribution is 2.41. The van der Waals surface area contributed by atoms with Crippen LogP contribution in [0.25, 0.3) is 10.1 Å². The van der Waals surface area contributed by atoms with Crippen LogP contribution in [-0.4, -0.2) is 29.8 Å². The molecule has 29 heavy (non-hydrogen) atoms. The van der Waals surface area contributed by atoms with E-state index in [0.717, 1.165) is 26.9 Å². The average Bonchev–Trinajstić information content (AvgIpc) is 3.24. The minimum atomic E-state index is -1.15. The third kappa shape index (κ3) is 4.23. The quantitative estimate of drug-likeness (QED) is 0.643. The van der Waals surface area contributed by atoms with Crippen LogP contribution in [0.2, 0.25) is 0 Å². The van der Waals surface area contributed by atoms with Crippen molar-refractivity contribution in [3.8, 4) is 11.5 Å². The molecule has 2 N–H and O–H groups in total. The van der Waals surface area contributed by atoms with E-state index in [-0.39, 0.29) is 24.7 Å². The molecule has 5 nitrogen and oxygen atoms in total. The Kier molecular flexibility index (Phi) is 5.00. The van der Waals surface area contributed by atoms with Crippen LogP contribution in [0.15, 0.2) is 48.5 Å². The largest absolute Gasteiger partial charge is 0.483 e. The van der Waals surface area contributed by atoms with Crippen molar-refractivity contribution in [2.75, 3.05) is 13.2 Å². The molecule has 1 amide bonds. The van der Waals surface area contributed by atoms with Gasteiger partial charge in [-0.2, -0.15) is 0 Å². The van der Waals surface area contributed by atoms with Gasteiger partial charge in [-0.15, -0.1) is 11.3 Å². The number of para-hydroxylation sites is 1. The predicted octanol–water partition coefficient (Wildman–Crippen LogP) is 4.02. The molecule has 0 saturated heterocycles. The minimum absolute atomic E-state index is 0.110. The average molecular weight is 412 g/mol. The van der Waals surface area contributed by atoms with Crippen molar-refractivity contribution >= 4 is 27.3 Å². The Hall–Kier alpha value is -2.57. The maximum Gasteiger partial charge on any atom is 0.258 e. The Morgan fingerprint density at radius 1 is 1.28 bits per heavy atom. The monoisotopic (exact) mass is 411 g/mol. The molecule has 152 valence electrons. The molecule has 1 aliphatic rings. The number of rotatable bonds is 6. The SMILES string of the molecule is CC1(C)Cc2cccc(OCC(=O)NC[C@](C)(O)c3cc4ccccc4s3)c2O1. The Bertz CT molecular complexity index is 1020. The topological polar surface area (TPSA) is 67.8 Å². The van der Waals surface area contributed by atoms with E-state index in [2.05, 4.69) is 5.32 Å². The lowest BCUT2D eigenvalue weighted by Gasteiger charge is -2.22. The van der Waals surface area contributed by atoms with Crippen molar-refractivity contribution in [3.63, 3.8) is 0 Å². The van der Waals surface area contributed by atoms with Crippen LogP contribution in [0.5, 0.6) is 11.5 Å². The number of benzene rings is 2. The Balaban J connectivity index is 1.35. The molecule has 3 aromatic rings. The summed E-state index contributed by atoms with van der Waals surface area (Å²) < 4.78 is 12.8. The van der Waals surface area contributed by atoms with Crippen LogP contribution in [0, 0.1) is 0 Å². The smallest absolute Gasteiger partial charge is 0.258 e. The van der Waals surface area contributed by atoms with Crippen LogP contribution in [0.1, 0.15) is 31.2 Å². The lowest BCUT2D eigenvalue weighted by molar-refractivity contribution is -0.124. The van der Waals surface area contributed by atoms with Crippen molar-refractivity contribution in [2.45, 2.75) is 38.4 Å². The van der Waals surface area contributed by atoms with Crippen molar-refractivity contribution < 1.29 is 19.4 Å². The third-order valence-corrected chi connectivity index (χ3v) is 6.37. The van der Waals surface area contributed by atoms with Crippen molar-refractivity contribution in [1.82, 2.24) is 5.32 Å². The van der Waals surface area contributed by atoms with E-state index in [0.29, 0.717) is 11.5 Å². The Labute approximate surface area is 174 Å². The number of carbonyl (C=O) groups is 1. The summed E-state index contributed by atoms with van der Waals surface area (Å²) in [5.74, 6) is 0.989. The van der Waals surface area contributed by atoms with Crippen molar-refractivity contribution in [3.05, 3.63) is 59.0 Å². The molecule has 0 saturated carbocycles. The van der Waals surface area contributed by atoms with E-state index in [4.69, 9.17) is 9.47 Å². The first-order valence-electron chi connectivity index (χ1n) is 9.65. The molecule has 1 aromatic heterocycles. The summed E-state index contributed by atoms with van der Waals surface area (Å²) in [4.78, 5) is 13.1. The van der Waals surface area contributed by atoms with Gasteiger partial charge in [0.05, 0.1) is 6.54 Å². The van der Waals surface area contributed by atoms with Gasteiger partial charge in [0.25, 0.3) is 5.91 Å². The molecule has 0 fully saturated rings. The van der Waals surface area contributed by atoms with Gasteiger partial charge in [0, 0.05) is 21.6 Å². The number of nitrogens with one attached hydrogen (secondary N) is 1. The van der Waals surface area contributed by atoms with E-state index in [1.165, 1.54) is 11.3 Å². The first-order valence-corrected chi connectivity index (χ1v) is 10.5. The number of carbonyl (C=O) groups excluding carboxylic acids is 1. The van der Waals surface area contributed by atoms with Crippen molar-refractivity contribution in [2.24, 2.45) is 0 Å². The van der Waals surface area contributed by atoms with Gasteiger partial charge in [-0.1, -0.05) is 30.3 Å². The van der Waals surface area contributed by atoms with Crippen LogP contribution in [-0.2, 0) is 16.8 Å². The lowest BCUT2D eigenvalue weighted by Crippen LogP contribution is -2.40. The Morgan fingerprint density at radius 3 is 2.86 bits per heavy atom. The minimum Gasteiger partial charge on any atom is -0.483 e. The van der Waals surface area contributed by atoms with Crippen LogP contribution < -0.4 is 14.8 Å². The maximum atomic E-state index is 12.3. The molecule has 0 bridgehead atoms.